The second kappa shape index (κ2) is 8.59. The second-order valence-electron chi connectivity index (χ2n) is 5.92. The van der Waals surface area contributed by atoms with E-state index in [0.717, 1.165) is 5.69 Å². The monoisotopic (exact) mass is 375 g/mol. The van der Waals surface area contributed by atoms with Crippen molar-refractivity contribution in [3.63, 3.8) is 0 Å². The minimum Gasteiger partial charge on any atom is -0.508 e. The number of benzene rings is 1. The number of H-pyrrole nitrogens is 1. The van der Waals surface area contributed by atoms with Crippen molar-refractivity contribution in [1.82, 2.24) is 15.3 Å². The summed E-state index contributed by atoms with van der Waals surface area (Å²) < 4.78 is 0. The summed E-state index contributed by atoms with van der Waals surface area (Å²) >= 11 is 0. The van der Waals surface area contributed by atoms with Crippen LogP contribution in [0.25, 0.3) is 12.2 Å². The van der Waals surface area contributed by atoms with Crippen LogP contribution in [0.15, 0.2) is 65.6 Å². The number of aldehydes is 1. The van der Waals surface area contributed by atoms with E-state index in [4.69, 9.17) is 0 Å². The van der Waals surface area contributed by atoms with Crippen LogP contribution in [0.5, 0.6) is 5.75 Å². The van der Waals surface area contributed by atoms with Gasteiger partial charge >= 0.3 is 0 Å². The molecule has 7 nitrogen and oxygen atoms in total. The molecule has 0 spiro atoms. The van der Waals surface area contributed by atoms with Crippen LogP contribution < -0.4 is 10.9 Å². The Morgan fingerprint density at radius 3 is 2.50 bits per heavy atom. The molecule has 0 radical (unpaired) electrons. The van der Waals surface area contributed by atoms with E-state index >= 15 is 0 Å². The van der Waals surface area contributed by atoms with Gasteiger partial charge in [0.2, 0.25) is 0 Å². The molecule has 2 aromatic heterocycles. The van der Waals surface area contributed by atoms with Crippen molar-refractivity contribution in [2.24, 2.45) is 0 Å². The molecule has 0 saturated carbocycles. The van der Waals surface area contributed by atoms with E-state index in [1.165, 1.54) is 30.3 Å². The Kier molecular flexibility index (Phi) is 5.76. The van der Waals surface area contributed by atoms with Crippen LogP contribution in [0.4, 0.5) is 0 Å². The van der Waals surface area contributed by atoms with Gasteiger partial charge in [0, 0.05) is 11.9 Å². The summed E-state index contributed by atoms with van der Waals surface area (Å²) in [6, 6.07) is 13.4. The van der Waals surface area contributed by atoms with Gasteiger partial charge in [-0.25, -0.2) is 0 Å². The SMILES string of the molecule is O=CC(NC(=O)c1ccc(C=Cc2ccccn2)[nH]c1=O)c1ccc(O)cc1. The first kappa shape index (κ1) is 18.8. The molecule has 3 aromatic rings. The fourth-order valence-electron chi connectivity index (χ4n) is 2.51. The average molecular weight is 375 g/mol. The number of carbonyl (C=O) groups is 2. The number of hydrogen-bond donors (Lipinski definition) is 3. The van der Waals surface area contributed by atoms with Crippen LogP contribution in [0.1, 0.15) is 33.4 Å². The molecule has 1 atom stereocenters. The van der Waals surface area contributed by atoms with Gasteiger partial charge in [0.1, 0.15) is 23.6 Å². The molecule has 140 valence electrons. The molecule has 7 heteroatoms. The van der Waals surface area contributed by atoms with Gasteiger partial charge in [-0.3, -0.25) is 14.6 Å². The van der Waals surface area contributed by atoms with Crippen LogP contribution in [-0.4, -0.2) is 27.3 Å². The number of aromatic hydroxyl groups is 1. The van der Waals surface area contributed by atoms with Gasteiger partial charge < -0.3 is 20.2 Å². The van der Waals surface area contributed by atoms with E-state index in [2.05, 4.69) is 15.3 Å². The molecule has 0 fully saturated rings. The van der Waals surface area contributed by atoms with E-state index in [9.17, 15) is 19.5 Å². The Morgan fingerprint density at radius 2 is 1.86 bits per heavy atom. The highest BCUT2D eigenvalue weighted by molar-refractivity contribution is 5.95. The third kappa shape index (κ3) is 4.59. The Bertz CT molecular complexity index is 1060. The molecular formula is C21H17N3O4. The van der Waals surface area contributed by atoms with Crippen LogP contribution in [0, 0.1) is 0 Å². The molecule has 1 aromatic carbocycles. The van der Waals surface area contributed by atoms with Gasteiger partial charge in [-0.1, -0.05) is 18.2 Å². The zero-order valence-electron chi connectivity index (χ0n) is 14.7. The van der Waals surface area contributed by atoms with E-state index in [1.54, 1.807) is 30.5 Å². The highest BCUT2D eigenvalue weighted by Gasteiger charge is 2.17. The van der Waals surface area contributed by atoms with Crippen molar-refractivity contribution in [3.8, 4) is 5.75 Å². The van der Waals surface area contributed by atoms with Crippen molar-refractivity contribution in [2.45, 2.75) is 6.04 Å². The summed E-state index contributed by atoms with van der Waals surface area (Å²) in [5.74, 6) is -0.628. The minimum absolute atomic E-state index is 0.0468. The normalized spacial score (nSPS) is 11.9. The molecule has 0 saturated heterocycles. The number of rotatable bonds is 6. The summed E-state index contributed by atoms with van der Waals surface area (Å²) in [6.07, 6.45) is 5.63. The van der Waals surface area contributed by atoms with E-state index in [1.807, 2.05) is 12.1 Å². The van der Waals surface area contributed by atoms with E-state index in [0.29, 0.717) is 17.5 Å². The molecule has 3 N–H and O–H groups in total. The summed E-state index contributed by atoms with van der Waals surface area (Å²) in [5.41, 5.74) is 1.05. The standard InChI is InChI=1S/C21H17N3O4/c25-13-19(14-4-9-17(26)10-5-14)24-21(28)18-11-8-16(23-20(18)27)7-6-15-3-1-2-12-22-15/h1-13,19,26H,(H,23,27)(H,24,28). The van der Waals surface area contributed by atoms with Gasteiger partial charge in [0.05, 0.1) is 5.69 Å². The number of nitrogens with one attached hydrogen (secondary N) is 2. The molecule has 1 unspecified atom stereocenters. The average Bonchev–Trinajstić information content (AvgIpc) is 2.72. The third-order valence-electron chi connectivity index (χ3n) is 3.97. The van der Waals surface area contributed by atoms with Gasteiger partial charge in [-0.15, -0.1) is 0 Å². The maximum absolute atomic E-state index is 12.4. The number of hydrogen-bond acceptors (Lipinski definition) is 5. The lowest BCUT2D eigenvalue weighted by Gasteiger charge is -2.13. The van der Waals surface area contributed by atoms with Gasteiger partial charge in [0.25, 0.3) is 11.5 Å². The molecule has 0 aliphatic carbocycles. The number of aromatic amines is 1. The molecule has 3 rings (SSSR count). The van der Waals surface area contributed by atoms with Crippen molar-refractivity contribution >= 4 is 24.3 Å². The Labute approximate surface area is 160 Å². The van der Waals surface area contributed by atoms with Crippen molar-refractivity contribution < 1.29 is 14.7 Å². The molecular weight excluding hydrogens is 358 g/mol. The zero-order valence-corrected chi connectivity index (χ0v) is 14.7. The third-order valence-corrected chi connectivity index (χ3v) is 3.97. The fraction of sp³-hybridized carbons (Fsp3) is 0.0476. The van der Waals surface area contributed by atoms with E-state index < -0.39 is 17.5 Å². The smallest absolute Gasteiger partial charge is 0.261 e. The Morgan fingerprint density at radius 1 is 1.07 bits per heavy atom. The van der Waals surface area contributed by atoms with Gasteiger partial charge in [0.15, 0.2) is 0 Å². The topological polar surface area (TPSA) is 112 Å². The number of aromatic nitrogens is 2. The maximum atomic E-state index is 12.4. The lowest BCUT2D eigenvalue weighted by molar-refractivity contribution is -0.109. The molecule has 0 bridgehead atoms. The number of nitrogens with zero attached hydrogens (tertiary/aromatic N) is 1. The highest BCUT2D eigenvalue weighted by Crippen LogP contribution is 2.16. The van der Waals surface area contributed by atoms with Gasteiger partial charge in [-0.2, -0.15) is 0 Å². The molecule has 0 aliphatic heterocycles. The lowest BCUT2D eigenvalue weighted by Crippen LogP contribution is -2.33. The molecule has 1 amide bonds. The lowest BCUT2D eigenvalue weighted by atomic mass is 10.1. The largest absolute Gasteiger partial charge is 0.508 e. The van der Waals surface area contributed by atoms with Crippen molar-refractivity contribution in [3.05, 3.63) is 93.7 Å². The fourth-order valence-corrected chi connectivity index (χ4v) is 2.51. The van der Waals surface area contributed by atoms with Crippen molar-refractivity contribution in [2.75, 3.05) is 0 Å². The Hall–Kier alpha value is -4.00. The summed E-state index contributed by atoms with van der Waals surface area (Å²) in [7, 11) is 0. The first-order chi connectivity index (χ1) is 13.6. The number of phenols is 1. The second-order valence-corrected chi connectivity index (χ2v) is 5.92. The van der Waals surface area contributed by atoms with E-state index in [-0.39, 0.29) is 11.3 Å². The highest BCUT2D eigenvalue weighted by atomic mass is 16.3. The maximum Gasteiger partial charge on any atom is 0.261 e. The van der Waals surface area contributed by atoms with Crippen LogP contribution in [-0.2, 0) is 4.79 Å². The predicted molar refractivity (Wildman–Crippen MR) is 105 cm³/mol. The number of phenolic OH excluding ortho intramolecular Hbond substituents is 1. The minimum atomic E-state index is -0.934. The zero-order chi connectivity index (χ0) is 19.9. The molecule has 0 aliphatic rings. The molecule has 2 heterocycles. The van der Waals surface area contributed by atoms with Gasteiger partial charge in [-0.05, 0) is 54.1 Å². The first-order valence-corrected chi connectivity index (χ1v) is 8.44. The number of carbonyl (C=O) groups excluding carboxylic acids is 2. The summed E-state index contributed by atoms with van der Waals surface area (Å²) in [6.45, 7) is 0. The van der Waals surface area contributed by atoms with Crippen LogP contribution in [0.2, 0.25) is 0 Å². The summed E-state index contributed by atoms with van der Waals surface area (Å²) in [4.78, 5) is 42.8. The number of pyridine rings is 2. The molecule has 28 heavy (non-hydrogen) atoms. The quantitative estimate of drug-likeness (QED) is 0.573. The summed E-state index contributed by atoms with van der Waals surface area (Å²) in [5, 5.41) is 11.8. The first-order valence-electron chi connectivity index (χ1n) is 8.44. The predicted octanol–water partition coefficient (Wildman–Crippen LogP) is 2.32. The number of amides is 1. The van der Waals surface area contributed by atoms with Crippen LogP contribution in [0.3, 0.4) is 0 Å². The Balaban J connectivity index is 1.75. The van der Waals surface area contributed by atoms with Crippen LogP contribution >= 0.6 is 0 Å². The van der Waals surface area contributed by atoms with Crippen molar-refractivity contribution in [1.29, 1.82) is 0 Å².